The Hall–Kier alpha value is -1.75. The quantitative estimate of drug-likeness (QED) is 0.627. The van der Waals surface area contributed by atoms with E-state index in [1.165, 1.54) is 25.7 Å². The van der Waals surface area contributed by atoms with Gasteiger partial charge in [-0.25, -0.2) is 0 Å². The molecule has 24 heavy (non-hydrogen) atoms. The highest BCUT2D eigenvalue weighted by Crippen LogP contribution is 2.30. The Kier molecular flexibility index (Phi) is 7.37. The van der Waals surface area contributed by atoms with Crippen molar-refractivity contribution in [1.82, 2.24) is 4.90 Å². The first-order valence-electron chi connectivity index (χ1n) is 8.89. The molecule has 0 bridgehead atoms. The van der Waals surface area contributed by atoms with Gasteiger partial charge in [-0.1, -0.05) is 38.7 Å². The van der Waals surface area contributed by atoms with Gasteiger partial charge in [-0.2, -0.15) is 0 Å². The van der Waals surface area contributed by atoms with Crippen LogP contribution in [0.3, 0.4) is 0 Å². The van der Waals surface area contributed by atoms with Crippen LogP contribution in [-0.2, 0) is 11.3 Å². The third-order valence-corrected chi connectivity index (χ3v) is 4.45. The lowest BCUT2D eigenvalue weighted by atomic mass is 9.99. The minimum atomic E-state index is -0.702. The smallest absolute Gasteiger partial charge is 0.309 e. The number of hydrogen-bond donors (Lipinski definition) is 1. The van der Waals surface area contributed by atoms with Crippen molar-refractivity contribution in [1.29, 1.82) is 0 Å². The van der Waals surface area contributed by atoms with Crippen LogP contribution in [-0.4, -0.2) is 42.8 Å². The van der Waals surface area contributed by atoms with Gasteiger partial charge in [0.05, 0.1) is 19.6 Å². The second-order valence-corrected chi connectivity index (χ2v) is 6.48. The third kappa shape index (κ3) is 5.41. The summed E-state index contributed by atoms with van der Waals surface area (Å²) >= 11 is 0. The predicted molar refractivity (Wildman–Crippen MR) is 93.7 cm³/mol. The van der Waals surface area contributed by atoms with Crippen LogP contribution in [0, 0.1) is 5.92 Å². The van der Waals surface area contributed by atoms with Crippen molar-refractivity contribution in [2.45, 2.75) is 45.6 Å². The Labute approximate surface area is 144 Å². The van der Waals surface area contributed by atoms with Crippen molar-refractivity contribution in [3.05, 3.63) is 23.8 Å². The monoisotopic (exact) mass is 335 g/mol. The van der Waals surface area contributed by atoms with E-state index in [-0.39, 0.29) is 5.92 Å². The van der Waals surface area contributed by atoms with Gasteiger partial charge >= 0.3 is 5.97 Å². The molecule has 0 unspecified atom stereocenters. The van der Waals surface area contributed by atoms with Crippen molar-refractivity contribution in [2.24, 2.45) is 5.92 Å². The Morgan fingerprint density at radius 1 is 1.21 bits per heavy atom. The zero-order valence-electron chi connectivity index (χ0n) is 14.8. The van der Waals surface area contributed by atoms with Crippen LogP contribution in [0.4, 0.5) is 0 Å². The summed E-state index contributed by atoms with van der Waals surface area (Å²) in [6, 6.07) is 5.97. The summed E-state index contributed by atoms with van der Waals surface area (Å²) in [6.45, 7) is 4.91. The predicted octanol–water partition coefficient (Wildman–Crippen LogP) is 3.56. The minimum Gasteiger partial charge on any atom is -0.493 e. The first-order chi connectivity index (χ1) is 11.6. The molecule has 134 valence electrons. The molecule has 1 saturated heterocycles. The van der Waals surface area contributed by atoms with E-state index in [1.54, 1.807) is 7.11 Å². The van der Waals surface area contributed by atoms with E-state index in [9.17, 15) is 4.79 Å². The molecule has 2 rings (SSSR count). The fourth-order valence-corrected chi connectivity index (χ4v) is 2.93. The molecule has 1 N–H and O–H groups in total. The fraction of sp³-hybridized carbons (Fsp3) is 0.632. The molecule has 0 atom stereocenters. The van der Waals surface area contributed by atoms with Crippen molar-refractivity contribution >= 4 is 5.97 Å². The molecule has 1 aliphatic heterocycles. The zero-order chi connectivity index (χ0) is 17.4. The van der Waals surface area contributed by atoms with Gasteiger partial charge in [-0.05, 0) is 24.1 Å². The SMILES string of the molecule is CCCCCCCOc1ccc(CN2CC(C(=O)O)C2)cc1OC. The lowest BCUT2D eigenvalue weighted by molar-refractivity contribution is -0.147. The number of likely N-dealkylation sites (tertiary alicyclic amines) is 1. The average Bonchev–Trinajstić information content (AvgIpc) is 2.54. The number of hydrogen-bond acceptors (Lipinski definition) is 4. The summed E-state index contributed by atoms with van der Waals surface area (Å²) in [4.78, 5) is 13.0. The van der Waals surface area contributed by atoms with Gasteiger partial charge < -0.3 is 14.6 Å². The number of carboxylic acids is 1. The third-order valence-electron chi connectivity index (χ3n) is 4.45. The Balaban J connectivity index is 1.78. The second kappa shape index (κ2) is 9.52. The van der Waals surface area contributed by atoms with Gasteiger partial charge in [0.1, 0.15) is 0 Å². The molecule has 0 amide bonds. The summed E-state index contributed by atoms with van der Waals surface area (Å²) in [5.74, 6) is 0.605. The van der Waals surface area contributed by atoms with E-state index in [1.807, 2.05) is 18.2 Å². The molecule has 5 nitrogen and oxygen atoms in total. The summed E-state index contributed by atoms with van der Waals surface area (Å²) in [7, 11) is 1.65. The molecule has 0 spiro atoms. The maximum atomic E-state index is 10.8. The van der Waals surface area contributed by atoms with E-state index in [4.69, 9.17) is 14.6 Å². The zero-order valence-corrected chi connectivity index (χ0v) is 14.8. The summed E-state index contributed by atoms with van der Waals surface area (Å²) in [6.07, 6.45) is 6.07. The molecule has 0 aliphatic carbocycles. The number of aliphatic carboxylic acids is 1. The van der Waals surface area contributed by atoms with Crippen LogP contribution in [0.1, 0.15) is 44.6 Å². The van der Waals surface area contributed by atoms with Crippen molar-refractivity contribution < 1.29 is 19.4 Å². The Morgan fingerprint density at radius 2 is 1.96 bits per heavy atom. The van der Waals surface area contributed by atoms with Gasteiger partial charge in [0.15, 0.2) is 11.5 Å². The van der Waals surface area contributed by atoms with E-state index < -0.39 is 5.97 Å². The van der Waals surface area contributed by atoms with Crippen LogP contribution in [0.15, 0.2) is 18.2 Å². The number of methoxy groups -OCH3 is 1. The highest BCUT2D eigenvalue weighted by Gasteiger charge is 2.32. The molecule has 0 aromatic heterocycles. The van der Waals surface area contributed by atoms with E-state index in [0.717, 1.165) is 30.0 Å². The number of unbranched alkanes of at least 4 members (excludes halogenated alkanes) is 4. The highest BCUT2D eigenvalue weighted by atomic mass is 16.5. The van der Waals surface area contributed by atoms with Crippen LogP contribution in [0.2, 0.25) is 0 Å². The Bertz CT molecular complexity index is 526. The molecule has 5 heteroatoms. The summed E-state index contributed by atoms with van der Waals surface area (Å²) in [5.41, 5.74) is 1.12. The standard InChI is InChI=1S/C19H29NO4/c1-3-4-5-6-7-10-24-17-9-8-15(11-18(17)23-2)12-20-13-16(14-20)19(21)22/h8-9,11,16H,3-7,10,12-14H2,1-2H3,(H,21,22). The first-order valence-corrected chi connectivity index (χ1v) is 8.89. The lowest BCUT2D eigenvalue weighted by Gasteiger charge is -2.36. The molecule has 1 heterocycles. The van der Waals surface area contributed by atoms with Crippen LogP contribution in [0.5, 0.6) is 11.5 Å². The van der Waals surface area contributed by atoms with Crippen molar-refractivity contribution in [3.63, 3.8) is 0 Å². The minimum absolute atomic E-state index is 0.220. The molecule has 1 aromatic rings. The molecule has 0 radical (unpaired) electrons. The Morgan fingerprint density at radius 3 is 2.62 bits per heavy atom. The van der Waals surface area contributed by atoms with Crippen molar-refractivity contribution in [3.8, 4) is 11.5 Å². The second-order valence-electron chi connectivity index (χ2n) is 6.48. The van der Waals surface area contributed by atoms with E-state index in [0.29, 0.717) is 19.7 Å². The fourth-order valence-electron chi connectivity index (χ4n) is 2.93. The largest absolute Gasteiger partial charge is 0.493 e. The number of nitrogens with zero attached hydrogens (tertiary/aromatic N) is 1. The number of carboxylic acid groups (broad SMARTS) is 1. The van der Waals surface area contributed by atoms with Crippen LogP contribution >= 0.6 is 0 Å². The number of rotatable bonds is 11. The van der Waals surface area contributed by atoms with Gasteiger partial charge in [-0.3, -0.25) is 9.69 Å². The number of carbonyl (C=O) groups is 1. The average molecular weight is 335 g/mol. The highest BCUT2D eigenvalue weighted by molar-refractivity contribution is 5.71. The summed E-state index contributed by atoms with van der Waals surface area (Å²) in [5, 5.41) is 8.92. The molecular formula is C19H29NO4. The molecule has 0 saturated carbocycles. The maximum Gasteiger partial charge on any atom is 0.309 e. The van der Waals surface area contributed by atoms with E-state index >= 15 is 0 Å². The maximum absolute atomic E-state index is 10.8. The van der Waals surface area contributed by atoms with Gasteiger partial charge in [0.2, 0.25) is 0 Å². The van der Waals surface area contributed by atoms with Gasteiger partial charge in [-0.15, -0.1) is 0 Å². The number of ether oxygens (including phenoxy) is 2. The molecule has 1 aromatic carbocycles. The van der Waals surface area contributed by atoms with Crippen LogP contribution < -0.4 is 9.47 Å². The lowest BCUT2D eigenvalue weighted by Crippen LogP contribution is -2.49. The molecule has 1 aliphatic rings. The normalized spacial score (nSPS) is 15.1. The van der Waals surface area contributed by atoms with Crippen molar-refractivity contribution in [2.75, 3.05) is 26.8 Å². The van der Waals surface area contributed by atoms with Gasteiger partial charge in [0, 0.05) is 19.6 Å². The molecular weight excluding hydrogens is 306 g/mol. The number of benzene rings is 1. The first kappa shape index (κ1) is 18.6. The van der Waals surface area contributed by atoms with Gasteiger partial charge in [0.25, 0.3) is 0 Å². The van der Waals surface area contributed by atoms with Crippen LogP contribution in [0.25, 0.3) is 0 Å². The topological polar surface area (TPSA) is 59.0 Å². The molecule has 1 fully saturated rings. The summed E-state index contributed by atoms with van der Waals surface area (Å²) < 4.78 is 11.3. The van der Waals surface area contributed by atoms with E-state index in [2.05, 4.69) is 11.8 Å².